The van der Waals surface area contributed by atoms with Crippen molar-refractivity contribution in [3.63, 3.8) is 0 Å². The molecule has 3 heteroatoms. The van der Waals surface area contributed by atoms with Gasteiger partial charge in [0.2, 0.25) is 0 Å². The molecule has 0 amide bonds. The number of nitrogens with two attached hydrogens (primary N) is 1. The summed E-state index contributed by atoms with van der Waals surface area (Å²) in [7, 11) is 2.17. The van der Waals surface area contributed by atoms with Gasteiger partial charge in [-0.3, -0.25) is 0 Å². The summed E-state index contributed by atoms with van der Waals surface area (Å²) in [4.78, 5) is 4.87. The topological polar surface area (TPSA) is 32.5 Å². The maximum absolute atomic E-state index is 5.98. The quantitative estimate of drug-likeness (QED) is 0.859. The first-order chi connectivity index (χ1) is 8.31. The van der Waals surface area contributed by atoms with Gasteiger partial charge < -0.3 is 15.5 Å². The molecule has 2 N–H and O–H groups in total. The molecule has 0 aromatic heterocycles. The highest BCUT2D eigenvalue weighted by Gasteiger charge is 2.36. The highest BCUT2D eigenvalue weighted by molar-refractivity contribution is 5.73. The third kappa shape index (κ3) is 1.89. The Labute approximate surface area is 103 Å². The predicted octanol–water partition coefficient (Wildman–Crippen LogP) is 1.68. The van der Waals surface area contributed by atoms with Crippen LogP contribution in [0.4, 0.5) is 11.4 Å². The average molecular weight is 231 g/mol. The Balaban J connectivity index is 1.93. The number of hydrogen-bond donors (Lipinski definition) is 1. The molecular formula is C14H21N3. The SMILES string of the molecule is CN1CCN(C(CN)C2CC2)c2ccccc21. The lowest BCUT2D eigenvalue weighted by Crippen LogP contribution is -2.49. The van der Waals surface area contributed by atoms with Crippen LogP contribution in [0.3, 0.4) is 0 Å². The molecular weight excluding hydrogens is 210 g/mol. The normalized spacial score (nSPS) is 21.3. The first-order valence-electron chi connectivity index (χ1n) is 6.58. The maximum Gasteiger partial charge on any atom is 0.0607 e. The first-order valence-corrected chi connectivity index (χ1v) is 6.58. The van der Waals surface area contributed by atoms with Gasteiger partial charge in [-0.05, 0) is 30.9 Å². The number of anilines is 2. The lowest BCUT2D eigenvalue weighted by Gasteiger charge is -2.41. The number of fused-ring (bicyclic) bond motifs is 1. The van der Waals surface area contributed by atoms with E-state index in [1.54, 1.807) is 0 Å². The zero-order valence-electron chi connectivity index (χ0n) is 10.5. The second-order valence-electron chi connectivity index (χ2n) is 5.24. The summed E-state index contributed by atoms with van der Waals surface area (Å²) < 4.78 is 0. The Kier molecular flexibility index (Phi) is 2.71. The fraction of sp³-hybridized carbons (Fsp3) is 0.571. The smallest absolute Gasteiger partial charge is 0.0607 e. The van der Waals surface area contributed by atoms with Crippen LogP contribution in [-0.2, 0) is 0 Å². The summed E-state index contributed by atoms with van der Waals surface area (Å²) in [6.07, 6.45) is 2.72. The standard InChI is InChI=1S/C14H21N3/c1-16-8-9-17(14(10-15)11-6-7-11)13-5-3-2-4-12(13)16/h2-5,11,14H,6-10,15H2,1H3. The van der Waals surface area contributed by atoms with Gasteiger partial charge in [0.25, 0.3) is 0 Å². The minimum Gasteiger partial charge on any atom is -0.371 e. The van der Waals surface area contributed by atoms with E-state index in [9.17, 15) is 0 Å². The van der Waals surface area contributed by atoms with Crippen LogP contribution >= 0.6 is 0 Å². The first kappa shape index (κ1) is 10.9. The molecule has 0 saturated heterocycles. The molecule has 17 heavy (non-hydrogen) atoms. The van der Waals surface area contributed by atoms with Crippen LogP contribution in [0.2, 0.25) is 0 Å². The summed E-state index contributed by atoms with van der Waals surface area (Å²) in [5.41, 5.74) is 8.69. The monoisotopic (exact) mass is 231 g/mol. The Bertz CT molecular complexity index is 400. The Morgan fingerprint density at radius 2 is 1.94 bits per heavy atom. The van der Waals surface area contributed by atoms with Gasteiger partial charge >= 0.3 is 0 Å². The summed E-state index contributed by atoms with van der Waals surface area (Å²) in [6, 6.07) is 9.24. The fourth-order valence-corrected chi connectivity index (χ4v) is 2.93. The minimum absolute atomic E-state index is 0.546. The summed E-state index contributed by atoms with van der Waals surface area (Å²) >= 11 is 0. The van der Waals surface area contributed by atoms with Gasteiger partial charge in [0.15, 0.2) is 0 Å². The van der Waals surface area contributed by atoms with Crippen molar-refractivity contribution >= 4 is 11.4 Å². The number of likely N-dealkylation sites (N-methyl/N-ethyl adjacent to an activating group) is 1. The van der Waals surface area contributed by atoms with Crippen molar-refractivity contribution in [2.75, 3.05) is 36.5 Å². The van der Waals surface area contributed by atoms with E-state index in [-0.39, 0.29) is 0 Å². The molecule has 1 aromatic carbocycles. The predicted molar refractivity (Wildman–Crippen MR) is 72.6 cm³/mol. The van der Waals surface area contributed by atoms with Crippen molar-refractivity contribution in [2.45, 2.75) is 18.9 Å². The lowest BCUT2D eigenvalue weighted by atomic mass is 10.1. The minimum atomic E-state index is 0.546. The zero-order chi connectivity index (χ0) is 11.8. The van der Waals surface area contributed by atoms with Gasteiger partial charge in [-0.1, -0.05) is 12.1 Å². The molecule has 1 aliphatic heterocycles. The van der Waals surface area contributed by atoms with Gasteiger partial charge in [-0.15, -0.1) is 0 Å². The highest BCUT2D eigenvalue weighted by Crippen LogP contribution is 2.40. The van der Waals surface area contributed by atoms with E-state index in [2.05, 4.69) is 41.1 Å². The average Bonchev–Trinajstić information content (AvgIpc) is 3.18. The van der Waals surface area contributed by atoms with E-state index in [1.807, 2.05) is 0 Å². The van der Waals surface area contributed by atoms with Crippen molar-refractivity contribution in [1.29, 1.82) is 0 Å². The largest absolute Gasteiger partial charge is 0.371 e. The van der Waals surface area contributed by atoms with Crippen LogP contribution in [0, 0.1) is 5.92 Å². The molecule has 2 aliphatic rings. The van der Waals surface area contributed by atoms with E-state index < -0.39 is 0 Å². The molecule has 0 bridgehead atoms. The molecule has 0 spiro atoms. The lowest BCUT2D eigenvalue weighted by molar-refractivity contribution is 0.531. The summed E-state index contributed by atoms with van der Waals surface area (Å²) in [6.45, 7) is 2.98. The number of para-hydroxylation sites is 2. The molecule has 1 atom stereocenters. The Morgan fingerprint density at radius 1 is 1.24 bits per heavy atom. The molecule has 1 fully saturated rings. The fourth-order valence-electron chi connectivity index (χ4n) is 2.93. The molecule has 0 radical (unpaired) electrons. The highest BCUT2D eigenvalue weighted by atomic mass is 15.3. The molecule has 1 aromatic rings. The van der Waals surface area contributed by atoms with Crippen molar-refractivity contribution in [1.82, 2.24) is 0 Å². The zero-order valence-corrected chi connectivity index (χ0v) is 10.5. The van der Waals surface area contributed by atoms with Crippen molar-refractivity contribution in [3.8, 4) is 0 Å². The number of rotatable bonds is 3. The maximum atomic E-state index is 5.98. The van der Waals surface area contributed by atoms with E-state index in [0.29, 0.717) is 6.04 Å². The molecule has 1 aliphatic carbocycles. The number of benzene rings is 1. The van der Waals surface area contributed by atoms with Gasteiger partial charge in [-0.2, -0.15) is 0 Å². The van der Waals surface area contributed by atoms with E-state index in [4.69, 9.17) is 5.73 Å². The van der Waals surface area contributed by atoms with Crippen LogP contribution in [0.5, 0.6) is 0 Å². The molecule has 1 unspecified atom stereocenters. The second-order valence-corrected chi connectivity index (χ2v) is 5.24. The van der Waals surface area contributed by atoms with Crippen molar-refractivity contribution < 1.29 is 0 Å². The summed E-state index contributed by atoms with van der Waals surface area (Å²) in [5, 5.41) is 0. The van der Waals surface area contributed by atoms with Crippen molar-refractivity contribution in [3.05, 3.63) is 24.3 Å². The van der Waals surface area contributed by atoms with E-state index >= 15 is 0 Å². The molecule has 3 nitrogen and oxygen atoms in total. The van der Waals surface area contributed by atoms with Crippen LogP contribution in [0.15, 0.2) is 24.3 Å². The Morgan fingerprint density at radius 3 is 2.59 bits per heavy atom. The number of nitrogens with zero attached hydrogens (tertiary/aromatic N) is 2. The van der Waals surface area contributed by atoms with Crippen molar-refractivity contribution in [2.24, 2.45) is 11.7 Å². The van der Waals surface area contributed by atoms with Gasteiger partial charge in [0, 0.05) is 32.7 Å². The van der Waals surface area contributed by atoms with Crippen LogP contribution in [-0.4, -0.2) is 32.7 Å². The molecule has 1 heterocycles. The third-order valence-corrected chi connectivity index (χ3v) is 4.09. The van der Waals surface area contributed by atoms with Gasteiger partial charge in [0.1, 0.15) is 0 Å². The van der Waals surface area contributed by atoms with E-state index in [0.717, 1.165) is 25.6 Å². The van der Waals surface area contributed by atoms with Crippen LogP contribution in [0.25, 0.3) is 0 Å². The Hall–Kier alpha value is -1.22. The molecule has 3 rings (SSSR count). The third-order valence-electron chi connectivity index (χ3n) is 4.09. The number of hydrogen-bond acceptors (Lipinski definition) is 3. The summed E-state index contributed by atoms with van der Waals surface area (Å²) in [5.74, 6) is 0.830. The second kappa shape index (κ2) is 4.22. The van der Waals surface area contributed by atoms with Gasteiger partial charge in [-0.25, -0.2) is 0 Å². The van der Waals surface area contributed by atoms with Crippen LogP contribution < -0.4 is 15.5 Å². The molecule has 92 valence electrons. The molecule has 1 saturated carbocycles. The van der Waals surface area contributed by atoms with E-state index in [1.165, 1.54) is 24.2 Å². The van der Waals surface area contributed by atoms with Gasteiger partial charge in [0.05, 0.1) is 11.4 Å². The van der Waals surface area contributed by atoms with Crippen LogP contribution in [0.1, 0.15) is 12.8 Å².